The molecule has 2 heterocycles. The zero-order valence-electron chi connectivity index (χ0n) is 9.24. The van der Waals surface area contributed by atoms with Crippen LogP contribution in [0.1, 0.15) is 19.7 Å². The lowest BCUT2D eigenvalue weighted by atomic mass is 10.6. The molecule has 0 aliphatic rings. The molecule has 6 heteroatoms. The number of aryl methyl sites for hydroxylation is 1. The van der Waals surface area contributed by atoms with Gasteiger partial charge in [0.2, 0.25) is 5.65 Å². The van der Waals surface area contributed by atoms with E-state index in [0.717, 1.165) is 5.82 Å². The lowest BCUT2D eigenvalue weighted by Gasteiger charge is -2.01. The zero-order chi connectivity index (χ0) is 11.4. The maximum Gasteiger partial charge on any atom is 0.203 e. The van der Waals surface area contributed by atoms with Gasteiger partial charge in [0.1, 0.15) is 11.0 Å². The SMILES string of the molecule is CC.CNc1nc(Cl)cn2c(C)nnc12. The predicted molar refractivity (Wildman–Crippen MR) is 61.4 cm³/mol. The number of halogens is 1. The number of hydrogen-bond acceptors (Lipinski definition) is 4. The smallest absolute Gasteiger partial charge is 0.203 e. The summed E-state index contributed by atoms with van der Waals surface area (Å²) in [5.74, 6) is 1.42. The maximum atomic E-state index is 5.80. The van der Waals surface area contributed by atoms with E-state index in [1.165, 1.54) is 0 Å². The molecular formula is C9H14ClN5. The maximum absolute atomic E-state index is 5.80. The summed E-state index contributed by atoms with van der Waals surface area (Å²) in [6, 6.07) is 0. The van der Waals surface area contributed by atoms with Gasteiger partial charge >= 0.3 is 0 Å². The predicted octanol–water partition coefficient (Wildman–Crippen LogP) is 2.15. The Balaban J connectivity index is 0.000000531. The number of nitrogens with one attached hydrogen (secondary N) is 1. The van der Waals surface area contributed by atoms with Crippen LogP contribution in [-0.4, -0.2) is 26.6 Å². The van der Waals surface area contributed by atoms with Crippen molar-refractivity contribution in [1.29, 1.82) is 0 Å². The standard InChI is InChI=1S/C7H8ClN5.C2H6/c1-4-11-12-7-6(9-2)10-5(8)3-13(4)7;1-2/h3H,1-2H3,(H,9,10);1-2H3. The van der Waals surface area contributed by atoms with Crippen LogP contribution in [0.15, 0.2) is 6.20 Å². The van der Waals surface area contributed by atoms with Crippen molar-refractivity contribution >= 4 is 23.1 Å². The molecule has 0 saturated carbocycles. The van der Waals surface area contributed by atoms with E-state index in [1.54, 1.807) is 17.6 Å². The molecule has 0 spiro atoms. The average Bonchev–Trinajstić information content (AvgIpc) is 2.62. The molecule has 0 amide bonds. The Morgan fingerprint density at radius 3 is 2.60 bits per heavy atom. The van der Waals surface area contributed by atoms with Crippen LogP contribution >= 0.6 is 11.6 Å². The first kappa shape index (κ1) is 11.7. The van der Waals surface area contributed by atoms with Gasteiger partial charge in [-0.15, -0.1) is 10.2 Å². The molecule has 0 aliphatic heterocycles. The van der Waals surface area contributed by atoms with Gasteiger partial charge in [-0.05, 0) is 6.92 Å². The van der Waals surface area contributed by atoms with Crippen LogP contribution in [0.25, 0.3) is 5.65 Å². The van der Waals surface area contributed by atoms with Crippen molar-refractivity contribution in [3.8, 4) is 0 Å². The van der Waals surface area contributed by atoms with E-state index in [2.05, 4.69) is 20.5 Å². The quantitative estimate of drug-likeness (QED) is 0.811. The van der Waals surface area contributed by atoms with E-state index >= 15 is 0 Å². The lowest BCUT2D eigenvalue weighted by Crippen LogP contribution is -1.98. The summed E-state index contributed by atoms with van der Waals surface area (Å²) in [5, 5.41) is 11.2. The van der Waals surface area contributed by atoms with Gasteiger partial charge in [0.05, 0.1) is 0 Å². The molecule has 0 saturated heterocycles. The summed E-state index contributed by atoms with van der Waals surface area (Å²) in [7, 11) is 1.77. The molecule has 15 heavy (non-hydrogen) atoms. The molecular weight excluding hydrogens is 214 g/mol. The van der Waals surface area contributed by atoms with E-state index in [9.17, 15) is 0 Å². The highest BCUT2D eigenvalue weighted by molar-refractivity contribution is 6.29. The van der Waals surface area contributed by atoms with Crippen LogP contribution in [0, 0.1) is 6.92 Å². The Bertz CT molecular complexity index is 451. The number of nitrogens with zero attached hydrogens (tertiary/aromatic N) is 4. The Kier molecular flexibility index (Phi) is 3.85. The molecule has 82 valence electrons. The second-order valence-corrected chi connectivity index (χ2v) is 2.99. The zero-order valence-corrected chi connectivity index (χ0v) is 10.0. The second kappa shape index (κ2) is 4.93. The van der Waals surface area contributed by atoms with Gasteiger partial charge in [0.15, 0.2) is 5.82 Å². The third-order valence-electron chi connectivity index (χ3n) is 1.77. The summed E-state index contributed by atoms with van der Waals surface area (Å²) in [4.78, 5) is 4.06. The Labute approximate surface area is 93.5 Å². The van der Waals surface area contributed by atoms with Crippen molar-refractivity contribution in [2.75, 3.05) is 12.4 Å². The molecule has 0 aliphatic carbocycles. The summed E-state index contributed by atoms with van der Waals surface area (Å²) >= 11 is 5.80. The Hall–Kier alpha value is -1.36. The Morgan fingerprint density at radius 2 is 2.00 bits per heavy atom. The third kappa shape index (κ3) is 2.18. The van der Waals surface area contributed by atoms with Gasteiger partial charge < -0.3 is 5.32 Å². The van der Waals surface area contributed by atoms with Crippen LogP contribution in [0.3, 0.4) is 0 Å². The van der Waals surface area contributed by atoms with Gasteiger partial charge in [-0.3, -0.25) is 4.40 Å². The fourth-order valence-corrected chi connectivity index (χ4v) is 1.33. The fourth-order valence-electron chi connectivity index (χ4n) is 1.15. The molecule has 0 atom stereocenters. The topological polar surface area (TPSA) is 55.1 Å². The molecule has 0 aromatic carbocycles. The first-order valence-electron chi connectivity index (χ1n) is 4.78. The van der Waals surface area contributed by atoms with Crippen molar-refractivity contribution in [3.63, 3.8) is 0 Å². The van der Waals surface area contributed by atoms with Crippen LogP contribution in [0.2, 0.25) is 5.15 Å². The Morgan fingerprint density at radius 1 is 1.33 bits per heavy atom. The third-order valence-corrected chi connectivity index (χ3v) is 1.95. The van der Waals surface area contributed by atoms with E-state index in [1.807, 2.05) is 20.8 Å². The second-order valence-electron chi connectivity index (χ2n) is 2.60. The molecule has 0 unspecified atom stereocenters. The first-order chi connectivity index (χ1) is 7.22. The molecule has 5 nitrogen and oxygen atoms in total. The molecule has 1 N–H and O–H groups in total. The minimum absolute atomic E-state index is 0.416. The van der Waals surface area contributed by atoms with Crippen molar-refractivity contribution in [2.45, 2.75) is 20.8 Å². The summed E-state index contributed by atoms with van der Waals surface area (Å²) in [5.41, 5.74) is 0.685. The van der Waals surface area contributed by atoms with Crippen molar-refractivity contribution < 1.29 is 0 Å². The van der Waals surface area contributed by atoms with Gasteiger partial charge in [0.25, 0.3) is 0 Å². The normalized spacial score (nSPS) is 9.67. The van der Waals surface area contributed by atoms with Gasteiger partial charge in [-0.25, -0.2) is 4.98 Å². The number of fused-ring (bicyclic) bond motifs is 1. The molecule has 2 aromatic heterocycles. The summed E-state index contributed by atoms with van der Waals surface area (Å²) < 4.78 is 1.79. The molecule has 0 bridgehead atoms. The van der Waals surface area contributed by atoms with Crippen LogP contribution in [0.4, 0.5) is 5.82 Å². The number of anilines is 1. The van der Waals surface area contributed by atoms with Gasteiger partial charge in [0, 0.05) is 13.2 Å². The highest BCUT2D eigenvalue weighted by atomic mass is 35.5. The van der Waals surface area contributed by atoms with E-state index in [0.29, 0.717) is 16.6 Å². The molecule has 0 radical (unpaired) electrons. The van der Waals surface area contributed by atoms with Gasteiger partial charge in [-0.1, -0.05) is 25.4 Å². The number of rotatable bonds is 1. The summed E-state index contributed by atoms with van der Waals surface area (Å²) in [6.45, 7) is 5.86. The number of aromatic nitrogens is 4. The first-order valence-corrected chi connectivity index (χ1v) is 5.16. The number of hydrogen-bond donors (Lipinski definition) is 1. The molecule has 2 aromatic rings. The molecule has 0 fully saturated rings. The van der Waals surface area contributed by atoms with E-state index in [4.69, 9.17) is 11.6 Å². The van der Waals surface area contributed by atoms with E-state index < -0.39 is 0 Å². The van der Waals surface area contributed by atoms with Crippen molar-refractivity contribution in [1.82, 2.24) is 19.6 Å². The van der Waals surface area contributed by atoms with Crippen LogP contribution < -0.4 is 5.32 Å². The summed E-state index contributed by atoms with van der Waals surface area (Å²) in [6.07, 6.45) is 1.69. The highest BCUT2D eigenvalue weighted by Gasteiger charge is 2.07. The minimum atomic E-state index is 0.416. The van der Waals surface area contributed by atoms with Crippen LogP contribution in [-0.2, 0) is 0 Å². The lowest BCUT2D eigenvalue weighted by molar-refractivity contribution is 1.00. The van der Waals surface area contributed by atoms with E-state index in [-0.39, 0.29) is 0 Å². The minimum Gasteiger partial charge on any atom is -0.370 e. The largest absolute Gasteiger partial charge is 0.370 e. The van der Waals surface area contributed by atoms with Crippen molar-refractivity contribution in [3.05, 3.63) is 17.2 Å². The highest BCUT2D eigenvalue weighted by Crippen LogP contribution is 2.16. The molecule has 2 rings (SSSR count). The van der Waals surface area contributed by atoms with Gasteiger partial charge in [-0.2, -0.15) is 0 Å². The van der Waals surface area contributed by atoms with Crippen LogP contribution in [0.5, 0.6) is 0 Å². The van der Waals surface area contributed by atoms with Crippen molar-refractivity contribution in [2.24, 2.45) is 0 Å². The fraction of sp³-hybridized carbons (Fsp3) is 0.444. The monoisotopic (exact) mass is 227 g/mol. The average molecular weight is 228 g/mol.